The number of ether oxygens (including phenoxy) is 1. The van der Waals surface area contributed by atoms with Gasteiger partial charge in [0.05, 0.1) is 6.10 Å². The lowest BCUT2D eigenvalue weighted by Crippen LogP contribution is -2.34. The summed E-state index contributed by atoms with van der Waals surface area (Å²) in [4.78, 5) is 11.5. The van der Waals surface area contributed by atoms with Crippen LogP contribution in [0.5, 0.6) is 0 Å². The summed E-state index contributed by atoms with van der Waals surface area (Å²) in [6, 6.07) is 5.33. The molecule has 1 fully saturated rings. The average Bonchev–Trinajstić information content (AvgIpc) is 2.83. The van der Waals surface area contributed by atoms with E-state index in [1.54, 1.807) is 0 Å². The highest BCUT2D eigenvalue weighted by Crippen LogP contribution is 2.11. The molecule has 1 aliphatic rings. The van der Waals surface area contributed by atoms with Gasteiger partial charge in [0.25, 0.3) is 0 Å². The minimum Gasteiger partial charge on any atom is -0.376 e. The van der Waals surface area contributed by atoms with E-state index in [1.165, 1.54) is 24.3 Å². The first-order valence-electron chi connectivity index (χ1n) is 5.66. The van der Waals surface area contributed by atoms with E-state index in [0.29, 0.717) is 12.2 Å². The molecule has 17 heavy (non-hydrogen) atoms. The zero-order valence-corrected chi connectivity index (χ0v) is 9.41. The van der Waals surface area contributed by atoms with Gasteiger partial charge in [-0.05, 0) is 37.1 Å². The zero-order valence-electron chi connectivity index (χ0n) is 9.41. The van der Waals surface area contributed by atoms with Gasteiger partial charge in [0.2, 0.25) is 0 Å². The topological polar surface area (TPSA) is 50.4 Å². The van der Waals surface area contributed by atoms with Crippen molar-refractivity contribution in [3.05, 3.63) is 30.1 Å². The molecular formula is C12H15FN2O2. The van der Waals surface area contributed by atoms with E-state index < -0.39 is 0 Å². The molecule has 0 aromatic heterocycles. The third kappa shape index (κ3) is 3.71. The van der Waals surface area contributed by atoms with Crippen LogP contribution in [0.15, 0.2) is 24.3 Å². The number of anilines is 1. The van der Waals surface area contributed by atoms with Crippen LogP contribution in [0.3, 0.4) is 0 Å². The minimum atomic E-state index is -0.324. The molecule has 92 valence electrons. The van der Waals surface area contributed by atoms with Gasteiger partial charge in [-0.2, -0.15) is 0 Å². The lowest BCUT2D eigenvalue weighted by Gasteiger charge is -2.11. The van der Waals surface area contributed by atoms with Crippen molar-refractivity contribution < 1.29 is 13.9 Å². The normalized spacial score (nSPS) is 19.0. The Morgan fingerprint density at radius 3 is 2.82 bits per heavy atom. The van der Waals surface area contributed by atoms with Gasteiger partial charge < -0.3 is 15.4 Å². The monoisotopic (exact) mass is 238 g/mol. The van der Waals surface area contributed by atoms with Crippen molar-refractivity contribution in [2.45, 2.75) is 18.9 Å². The Bertz CT molecular complexity index is 375. The van der Waals surface area contributed by atoms with E-state index in [1.807, 2.05) is 0 Å². The Balaban J connectivity index is 1.74. The van der Waals surface area contributed by atoms with Crippen molar-refractivity contribution in [1.82, 2.24) is 5.32 Å². The van der Waals surface area contributed by atoms with Gasteiger partial charge in [-0.25, -0.2) is 9.18 Å². The SMILES string of the molecule is O=C(NCC1CCCO1)Nc1ccc(F)cc1. The molecule has 0 saturated carbocycles. The first kappa shape index (κ1) is 11.9. The first-order valence-corrected chi connectivity index (χ1v) is 5.66. The van der Waals surface area contributed by atoms with Crippen molar-refractivity contribution in [3.63, 3.8) is 0 Å². The first-order chi connectivity index (χ1) is 8.24. The largest absolute Gasteiger partial charge is 0.376 e. The zero-order chi connectivity index (χ0) is 12.1. The molecule has 5 heteroatoms. The van der Waals surface area contributed by atoms with Gasteiger partial charge in [-0.1, -0.05) is 0 Å². The lowest BCUT2D eigenvalue weighted by molar-refractivity contribution is 0.112. The highest BCUT2D eigenvalue weighted by atomic mass is 19.1. The summed E-state index contributed by atoms with van der Waals surface area (Å²) in [5.74, 6) is -0.324. The number of halogens is 1. The number of hydrogen-bond acceptors (Lipinski definition) is 2. The molecule has 0 spiro atoms. The van der Waals surface area contributed by atoms with E-state index in [9.17, 15) is 9.18 Å². The summed E-state index contributed by atoms with van der Waals surface area (Å²) in [6.07, 6.45) is 2.15. The molecule has 1 aliphatic heterocycles. The third-order valence-corrected chi connectivity index (χ3v) is 2.62. The van der Waals surface area contributed by atoms with E-state index in [2.05, 4.69) is 10.6 Å². The fourth-order valence-corrected chi connectivity index (χ4v) is 1.72. The number of hydrogen-bond donors (Lipinski definition) is 2. The molecular weight excluding hydrogens is 223 g/mol. The molecule has 2 rings (SSSR count). The van der Waals surface area contributed by atoms with Crippen molar-refractivity contribution in [2.24, 2.45) is 0 Å². The number of carbonyl (C=O) groups is 1. The number of carbonyl (C=O) groups excluding carboxylic acids is 1. The molecule has 1 saturated heterocycles. The Morgan fingerprint density at radius 2 is 2.18 bits per heavy atom. The Labute approximate surface area is 99.2 Å². The Kier molecular flexibility index (Phi) is 3.93. The fraction of sp³-hybridized carbons (Fsp3) is 0.417. The van der Waals surface area contributed by atoms with Gasteiger partial charge >= 0.3 is 6.03 Å². The number of urea groups is 1. The molecule has 1 atom stereocenters. The van der Waals surface area contributed by atoms with Gasteiger partial charge in [-0.3, -0.25) is 0 Å². The van der Waals surface area contributed by atoms with Crippen LogP contribution in [0.1, 0.15) is 12.8 Å². The van der Waals surface area contributed by atoms with Crippen molar-refractivity contribution >= 4 is 11.7 Å². The molecule has 1 aromatic rings. The number of nitrogens with one attached hydrogen (secondary N) is 2. The standard InChI is InChI=1S/C12H15FN2O2/c13-9-3-5-10(6-4-9)15-12(16)14-8-11-2-1-7-17-11/h3-6,11H,1-2,7-8H2,(H2,14,15,16). The van der Waals surface area contributed by atoms with Crippen LogP contribution in [0.4, 0.5) is 14.9 Å². The van der Waals surface area contributed by atoms with E-state index >= 15 is 0 Å². The maximum Gasteiger partial charge on any atom is 0.319 e. The highest BCUT2D eigenvalue weighted by molar-refractivity contribution is 5.89. The van der Waals surface area contributed by atoms with Crippen LogP contribution in [-0.2, 0) is 4.74 Å². The maximum atomic E-state index is 12.6. The molecule has 0 radical (unpaired) electrons. The second-order valence-electron chi connectivity index (χ2n) is 3.98. The summed E-state index contributed by atoms with van der Waals surface area (Å²) >= 11 is 0. The summed E-state index contributed by atoms with van der Waals surface area (Å²) in [5, 5.41) is 5.34. The van der Waals surface area contributed by atoms with Gasteiger partial charge in [0, 0.05) is 18.8 Å². The minimum absolute atomic E-state index is 0.119. The van der Waals surface area contributed by atoms with Crippen molar-refractivity contribution in [2.75, 3.05) is 18.5 Å². The van der Waals surface area contributed by atoms with Crippen LogP contribution >= 0.6 is 0 Å². The number of rotatable bonds is 3. The predicted octanol–water partition coefficient (Wildman–Crippen LogP) is 2.13. The predicted molar refractivity (Wildman–Crippen MR) is 62.4 cm³/mol. The molecule has 0 aliphatic carbocycles. The van der Waals surface area contributed by atoms with Crippen LogP contribution < -0.4 is 10.6 Å². The van der Waals surface area contributed by atoms with Crippen molar-refractivity contribution in [3.8, 4) is 0 Å². The summed E-state index contributed by atoms with van der Waals surface area (Å²) < 4.78 is 18.0. The molecule has 1 unspecified atom stereocenters. The lowest BCUT2D eigenvalue weighted by atomic mass is 10.2. The van der Waals surface area contributed by atoms with Crippen molar-refractivity contribution in [1.29, 1.82) is 0 Å². The third-order valence-electron chi connectivity index (χ3n) is 2.62. The van der Waals surface area contributed by atoms with Crippen LogP contribution in [-0.4, -0.2) is 25.3 Å². The quantitative estimate of drug-likeness (QED) is 0.847. The molecule has 1 heterocycles. The highest BCUT2D eigenvalue weighted by Gasteiger charge is 2.15. The smallest absolute Gasteiger partial charge is 0.319 e. The fourth-order valence-electron chi connectivity index (χ4n) is 1.72. The summed E-state index contributed by atoms with van der Waals surface area (Å²) in [6.45, 7) is 1.28. The maximum absolute atomic E-state index is 12.6. The van der Waals surface area contributed by atoms with Crippen LogP contribution in [0.25, 0.3) is 0 Å². The van der Waals surface area contributed by atoms with E-state index in [-0.39, 0.29) is 18.0 Å². The Hall–Kier alpha value is -1.62. The van der Waals surface area contributed by atoms with Gasteiger partial charge in [0.1, 0.15) is 5.82 Å². The van der Waals surface area contributed by atoms with E-state index in [4.69, 9.17) is 4.74 Å². The van der Waals surface area contributed by atoms with Gasteiger partial charge in [0.15, 0.2) is 0 Å². The molecule has 2 N–H and O–H groups in total. The average molecular weight is 238 g/mol. The molecule has 2 amide bonds. The molecule has 0 bridgehead atoms. The number of amides is 2. The summed E-state index contributed by atoms with van der Waals surface area (Å²) in [5.41, 5.74) is 0.566. The van der Waals surface area contributed by atoms with Gasteiger partial charge in [-0.15, -0.1) is 0 Å². The number of benzene rings is 1. The van der Waals surface area contributed by atoms with Crippen LogP contribution in [0.2, 0.25) is 0 Å². The summed E-state index contributed by atoms with van der Waals surface area (Å²) in [7, 11) is 0. The van der Waals surface area contributed by atoms with Crippen LogP contribution in [0, 0.1) is 5.82 Å². The Morgan fingerprint density at radius 1 is 1.41 bits per heavy atom. The second kappa shape index (κ2) is 5.63. The molecule has 4 nitrogen and oxygen atoms in total. The molecule has 1 aromatic carbocycles. The van der Waals surface area contributed by atoms with E-state index in [0.717, 1.165) is 19.4 Å². The second-order valence-corrected chi connectivity index (χ2v) is 3.98.